The summed E-state index contributed by atoms with van der Waals surface area (Å²) in [6.45, 7) is 11.3. The summed E-state index contributed by atoms with van der Waals surface area (Å²) in [7, 11) is -12.3. The van der Waals surface area contributed by atoms with Crippen molar-refractivity contribution in [3.63, 3.8) is 0 Å². The molecule has 1 aliphatic carbocycles. The average Bonchev–Trinajstić information content (AvgIpc) is 3.59. The summed E-state index contributed by atoms with van der Waals surface area (Å²) in [5.41, 5.74) is 2.79. The molecule has 1 atom stereocenters. The Morgan fingerprint density at radius 1 is 0.981 bits per heavy atom. The van der Waals surface area contributed by atoms with E-state index in [0.29, 0.717) is 40.8 Å². The van der Waals surface area contributed by atoms with Gasteiger partial charge in [-0.2, -0.15) is 12.6 Å². The van der Waals surface area contributed by atoms with Crippen LogP contribution in [0.5, 0.6) is 0 Å². The quantitative estimate of drug-likeness (QED) is 0.0385. The average molecular weight is 792 g/mol. The van der Waals surface area contributed by atoms with Crippen molar-refractivity contribution < 1.29 is 39.1 Å². The van der Waals surface area contributed by atoms with E-state index < -0.39 is 37.6 Å². The van der Waals surface area contributed by atoms with Crippen LogP contribution in [0.2, 0.25) is 0 Å². The Labute approximate surface area is 309 Å². The van der Waals surface area contributed by atoms with Gasteiger partial charge in [-0.1, -0.05) is 11.3 Å². The zero-order valence-electron chi connectivity index (χ0n) is 30.3. The number of hydrogen-bond acceptors (Lipinski definition) is 10. The summed E-state index contributed by atoms with van der Waals surface area (Å²) in [5, 5.41) is 9.39. The lowest BCUT2D eigenvalue weighted by molar-refractivity contribution is 0.353. The van der Waals surface area contributed by atoms with Crippen LogP contribution in [-0.2, 0) is 42.3 Å². The lowest BCUT2D eigenvalue weighted by atomic mass is 9.93. The number of fused-ring (bicyclic) bond motifs is 2. The fourth-order valence-corrected chi connectivity index (χ4v) is 8.87. The van der Waals surface area contributed by atoms with Gasteiger partial charge < -0.3 is 13.8 Å². The second-order valence-corrected chi connectivity index (χ2v) is 17.5. The lowest BCUT2D eigenvalue weighted by Crippen LogP contribution is -2.29. The SMILES string of the molecule is CCN(CC)c1ccc2c(-c3ccc(S(=O)(=O)NCc4cn(CCCCP(=O)(F)OC)nn4)cc3S(=O)(=O)O)c3ccc(=[N+](CC)CC)cc-3oc2c1. The number of hydrogen-bond donors (Lipinski definition) is 2. The molecular weight excluding hydrogens is 747 g/mol. The van der Waals surface area contributed by atoms with Gasteiger partial charge in [-0.05, 0) is 70.9 Å². The van der Waals surface area contributed by atoms with Crippen LogP contribution in [0, 0.1) is 0 Å². The molecule has 0 bridgehead atoms. The van der Waals surface area contributed by atoms with Crippen LogP contribution in [0.15, 0.2) is 75.0 Å². The van der Waals surface area contributed by atoms with Gasteiger partial charge in [-0.3, -0.25) is 13.8 Å². The van der Waals surface area contributed by atoms with Crippen LogP contribution in [0.4, 0.5) is 9.88 Å². The van der Waals surface area contributed by atoms with Crippen molar-refractivity contribution in [2.45, 2.75) is 63.4 Å². The van der Waals surface area contributed by atoms with Gasteiger partial charge in [0.1, 0.15) is 29.3 Å². The van der Waals surface area contributed by atoms with Crippen LogP contribution in [0.25, 0.3) is 33.4 Å². The maximum absolute atomic E-state index is 13.5. The molecule has 0 saturated carbocycles. The van der Waals surface area contributed by atoms with Crippen molar-refractivity contribution in [1.29, 1.82) is 0 Å². The number of nitrogens with zero attached hydrogens (tertiary/aromatic N) is 5. The first kappa shape index (κ1) is 40.2. The number of sulfonamides is 1. The molecular formula is C35H45FN6O8PS2+. The van der Waals surface area contributed by atoms with Crippen LogP contribution in [0.1, 0.15) is 46.2 Å². The number of aromatic nitrogens is 3. The van der Waals surface area contributed by atoms with Gasteiger partial charge in [0.05, 0.1) is 29.4 Å². The Balaban J connectivity index is 1.54. The Hall–Kier alpha value is -3.99. The van der Waals surface area contributed by atoms with Crippen LogP contribution < -0.4 is 19.6 Å². The smallest absolute Gasteiger partial charge is 0.367 e. The van der Waals surface area contributed by atoms with Crippen molar-refractivity contribution in [3.05, 3.63) is 71.8 Å². The summed E-state index contributed by atoms with van der Waals surface area (Å²) < 4.78 is 105. The van der Waals surface area contributed by atoms with Crippen LogP contribution in [-0.4, -0.2) is 75.8 Å². The van der Waals surface area contributed by atoms with Gasteiger partial charge in [0.15, 0.2) is 0 Å². The number of benzene rings is 3. The number of nitrogens with one attached hydrogen (secondary N) is 1. The molecule has 18 heteroatoms. The maximum atomic E-state index is 13.5. The number of unbranched alkanes of at least 4 members (excludes halogenated alkanes) is 1. The van der Waals surface area contributed by atoms with E-state index in [-0.39, 0.29) is 30.4 Å². The highest BCUT2D eigenvalue weighted by molar-refractivity contribution is 7.89. The minimum Gasteiger partial charge on any atom is -0.456 e. The predicted molar refractivity (Wildman–Crippen MR) is 202 cm³/mol. The molecule has 1 unspecified atom stereocenters. The second-order valence-electron chi connectivity index (χ2n) is 12.3. The fourth-order valence-electron chi connectivity index (χ4n) is 6.27. The molecule has 2 aliphatic rings. The molecule has 0 saturated heterocycles. The Morgan fingerprint density at radius 2 is 1.70 bits per heavy atom. The Kier molecular flexibility index (Phi) is 12.6. The van der Waals surface area contributed by atoms with E-state index in [0.717, 1.165) is 50.4 Å². The zero-order chi connectivity index (χ0) is 38.6. The normalized spacial score (nSPS) is 13.4. The molecule has 0 radical (unpaired) electrons. The molecule has 0 spiro atoms. The highest BCUT2D eigenvalue weighted by Crippen LogP contribution is 2.48. The summed E-state index contributed by atoms with van der Waals surface area (Å²) >= 11 is 0. The molecule has 3 aromatic rings. The van der Waals surface area contributed by atoms with E-state index in [4.69, 9.17) is 4.42 Å². The lowest BCUT2D eigenvalue weighted by Gasteiger charge is -2.22. The highest BCUT2D eigenvalue weighted by Gasteiger charge is 2.27. The van der Waals surface area contributed by atoms with E-state index in [1.807, 2.05) is 64.1 Å². The van der Waals surface area contributed by atoms with Crippen LogP contribution >= 0.6 is 7.68 Å². The van der Waals surface area contributed by atoms with Gasteiger partial charge in [0.2, 0.25) is 15.4 Å². The highest BCUT2D eigenvalue weighted by atomic mass is 32.2. The van der Waals surface area contributed by atoms with Gasteiger partial charge in [-0.25, -0.2) is 17.7 Å². The summed E-state index contributed by atoms with van der Waals surface area (Å²) in [5.74, 6) is 0.485. The molecule has 2 aromatic carbocycles. The molecule has 2 N–H and O–H groups in total. The molecule has 286 valence electrons. The standard InChI is InChI=1S/C35H44FN6O8PS2/c1-6-40(7-2)26-12-15-29-32(20-26)50-33-21-27(41(8-3)9-4)13-16-30(33)35(29)31-17-14-28(22-34(31)53(46,47)48)52(44,45)37-23-25-24-42(39-38-25)18-10-11-19-51(36,43)49-5/h12-17,20-22,24,37H,6-11,18-19,23H2,1-5H3/p+1. The molecule has 1 aliphatic heterocycles. The first-order valence-electron chi connectivity index (χ1n) is 17.3. The molecule has 0 fully saturated rings. The van der Waals surface area contributed by atoms with Gasteiger partial charge in [0.25, 0.3) is 10.1 Å². The summed E-state index contributed by atoms with van der Waals surface area (Å²) in [4.78, 5) is 1.17. The van der Waals surface area contributed by atoms with Crippen LogP contribution in [0.3, 0.4) is 0 Å². The first-order valence-corrected chi connectivity index (χ1v) is 22.0. The molecule has 0 amide bonds. The summed E-state index contributed by atoms with van der Waals surface area (Å²) in [6.07, 6.45) is 2.00. The largest absolute Gasteiger partial charge is 0.456 e. The van der Waals surface area contributed by atoms with E-state index in [1.54, 1.807) is 0 Å². The minimum absolute atomic E-state index is 0.0981. The fraction of sp³-hybridized carbons (Fsp3) is 0.400. The third-order valence-electron chi connectivity index (χ3n) is 9.12. The van der Waals surface area contributed by atoms with Crippen molar-refractivity contribution in [2.75, 3.05) is 44.4 Å². The topological polar surface area (TPSA) is 177 Å². The molecule has 14 nitrogen and oxygen atoms in total. The van der Waals surface area contributed by atoms with Gasteiger partial charge in [-0.15, -0.1) is 5.10 Å². The third kappa shape index (κ3) is 9.22. The van der Waals surface area contributed by atoms with Crippen molar-refractivity contribution in [1.82, 2.24) is 24.3 Å². The van der Waals surface area contributed by atoms with Gasteiger partial charge >= 0.3 is 7.68 Å². The zero-order valence-corrected chi connectivity index (χ0v) is 32.8. The number of anilines is 1. The number of aryl methyl sites for hydroxylation is 1. The molecule has 53 heavy (non-hydrogen) atoms. The second kappa shape index (κ2) is 16.6. The minimum atomic E-state index is -4.96. The van der Waals surface area contributed by atoms with E-state index >= 15 is 0 Å². The van der Waals surface area contributed by atoms with Gasteiger partial charge in [0, 0.05) is 72.8 Å². The third-order valence-corrected chi connectivity index (χ3v) is 12.8. The maximum Gasteiger partial charge on any atom is 0.367 e. The van der Waals surface area contributed by atoms with Crippen molar-refractivity contribution in [2.24, 2.45) is 0 Å². The van der Waals surface area contributed by atoms with Crippen molar-refractivity contribution in [3.8, 4) is 22.5 Å². The first-order chi connectivity index (χ1) is 25.1. The van der Waals surface area contributed by atoms with E-state index in [9.17, 15) is 30.2 Å². The van der Waals surface area contributed by atoms with E-state index in [2.05, 4.69) is 29.0 Å². The molecule has 2 heterocycles. The predicted octanol–water partition coefficient (Wildman–Crippen LogP) is 5.77. The Morgan fingerprint density at radius 3 is 2.36 bits per heavy atom. The molecule has 1 aromatic heterocycles. The number of rotatable bonds is 17. The monoisotopic (exact) mass is 791 g/mol. The summed E-state index contributed by atoms with van der Waals surface area (Å²) in [6, 6.07) is 14.9. The van der Waals surface area contributed by atoms with E-state index in [1.165, 1.54) is 23.0 Å². The number of halogens is 1. The molecule has 5 rings (SSSR count). The Bertz CT molecular complexity index is 2410. The van der Waals surface area contributed by atoms with Crippen molar-refractivity contribution >= 4 is 44.5 Å².